The third-order valence-electron chi connectivity index (χ3n) is 4.76. The van der Waals surface area contributed by atoms with Crippen LogP contribution in [0.1, 0.15) is 34.1 Å². The zero-order valence-corrected chi connectivity index (χ0v) is 12.8. The maximum absolute atomic E-state index is 12.0. The maximum atomic E-state index is 12.0. The first-order valence-corrected chi connectivity index (χ1v) is 7.37. The van der Waals surface area contributed by atoms with Gasteiger partial charge in [-0.2, -0.15) is 0 Å². The summed E-state index contributed by atoms with van der Waals surface area (Å²) >= 11 is 0. The molecule has 0 aromatic rings. The van der Waals surface area contributed by atoms with E-state index < -0.39 is 0 Å². The van der Waals surface area contributed by atoms with Crippen LogP contribution in [0.5, 0.6) is 0 Å². The van der Waals surface area contributed by atoms with Crippen LogP contribution in [0.4, 0.5) is 0 Å². The Kier molecular flexibility index (Phi) is 3.27. The standard InChI is InChI=1S/C17H20O4/c1-8-5-6-12-9(2)7-13(20-11(4)18)15-10(3)17(19)21-16(15)14(8)12/h5-6,10,13,15-16H,7H2,1-4H3/t10-,13-,15-,16+/m1/s1. The lowest BCUT2D eigenvalue weighted by Crippen LogP contribution is -2.35. The topological polar surface area (TPSA) is 52.6 Å². The Bertz CT molecular complexity index is 608. The monoisotopic (exact) mass is 288 g/mol. The Labute approximate surface area is 124 Å². The van der Waals surface area contributed by atoms with Crippen LogP contribution in [0, 0.1) is 11.8 Å². The van der Waals surface area contributed by atoms with Crippen molar-refractivity contribution in [1.29, 1.82) is 0 Å². The van der Waals surface area contributed by atoms with E-state index in [1.165, 1.54) is 12.5 Å². The first-order valence-electron chi connectivity index (χ1n) is 7.37. The van der Waals surface area contributed by atoms with Crippen molar-refractivity contribution in [3.05, 3.63) is 34.4 Å². The lowest BCUT2D eigenvalue weighted by atomic mass is 9.83. The third-order valence-corrected chi connectivity index (χ3v) is 4.76. The summed E-state index contributed by atoms with van der Waals surface area (Å²) in [6, 6.07) is 0. The zero-order chi connectivity index (χ0) is 15.3. The van der Waals surface area contributed by atoms with E-state index in [9.17, 15) is 9.59 Å². The van der Waals surface area contributed by atoms with Crippen molar-refractivity contribution in [3.63, 3.8) is 0 Å². The molecule has 3 rings (SSSR count). The van der Waals surface area contributed by atoms with Crippen molar-refractivity contribution in [1.82, 2.24) is 0 Å². The van der Waals surface area contributed by atoms with Crippen LogP contribution in [0.2, 0.25) is 0 Å². The van der Waals surface area contributed by atoms with Gasteiger partial charge in [0.25, 0.3) is 0 Å². The molecule has 0 aromatic carbocycles. The molecule has 0 saturated carbocycles. The van der Waals surface area contributed by atoms with Gasteiger partial charge in [0.05, 0.1) is 11.8 Å². The van der Waals surface area contributed by atoms with Crippen molar-refractivity contribution in [2.45, 2.75) is 46.3 Å². The summed E-state index contributed by atoms with van der Waals surface area (Å²) in [5.74, 6) is -0.879. The molecule has 112 valence electrons. The average Bonchev–Trinajstić information content (AvgIpc) is 2.86. The number of carbonyl (C=O) groups excluding carboxylic acids is 2. The predicted octanol–water partition coefficient (Wildman–Crippen LogP) is 2.70. The van der Waals surface area contributed by atoms with Gasteiger partial charge < -0.3 is 9.47 Å². The number of ether oxygens (including phenoxy) is 2. The van der Waals surface area contributed by atoms with Gasteiger partial charge in [-0.15, -0.1) is 0 Å². The molecule has 0 spiro atoms. The molecule has 0 N–H and O–H groups in total. The second-order valence-electron chi connectivity index (χ2n) is 6.20. The Balaban J connectivity index is 2.09. The van der Waals surface area contributed by atoms with Crippen LogP contribution in [0.3, 0.4) is 0 Å². The van der Waals surface area contributed by atoms with Gasteiger partial charge in [-0.3, -0.25) is 9.59 Å². The minimum atomic E-state index is -0.309. The van der Waals surface area contributed by atoms with Crippen molar-refractivity contribution >= 4 is 11.9 Å². The van der Waals surface area contributed by atoms with Crippen LogP contribution in [0.25, 0.3) is 0 Å². The van der Waals surface area contributed by atoms with Crippen LogP contribution in [-0.4, -0.2) is 24.1 Å². The molecule has 0 unspecified atom stereocenters. The van der Waals surface area contributed by atoms with E-state index in [1.54, 1.807) is 0 Å². The van der Waals surface area contributed by atoms with Gasteiger partial charge in [0, 0.05) is 18.9 Å². The Morgan fingerprint density at radius 1 is 1.33 bits per heavy atom. The number of allylic oxidation sites excluding steroid dienone is 3. The minimum Gasteiger partial charge on any atom is -0.462 e. The molecule has 0 amide bonds. The first-order chi connectivity index (χ1) is 9.90. The average molecular weight is 288 g/mol. The van der Waals surface area contributed by atoms with E-state index in [1.807, 2.05) is 13.8 Å². The van der Waals surface area contributed by atoms with Gasteiger partial charge >= 0.3 is 11.9 Å². The van der Waals surface area contributed by atoms with Gasteiger partial charge in [0.2, 0.25) is 0 Å². The molecule has 1 aliphatic heterocycles. The molecule has 4 atom stereocenters. The SMILES string of the molecule is CC(=O)O[C@@H]1CC(C)=C2C=CC(C)=C2[C@@H]2OC(=O)[C@H](C)[C@H]12. The van der Waals surface area contributed by atoms with Gasteiger partial charge in [-0.25, -0.2) is 0 Å². The highest BCUT2D eigenvalue weighted by Crippen LogP contribution is 2.46. The van der Waals surface area contributed by atoms with E-state index in [-0.39, 0.29) is 36.0 Å². The summed E-state index contributed by atoms with van der Waals surface area (Å²) in [5, 5.41) is 0. The highest BCUT2D eigenvalue weighted by molar-refractivity contribution is 5.77. The number of hydrogen-bond donors (Lipinski definition) is 0. The molecule has 0 bridgehead atoms. The highest BCUT2D eigenvalue weighted by atomic mass is 16.6. The van der Waals surface area contributed by atoms with Crippen molar-refractivity contribution in [3.8, 4) is 0 Å². The molecule has 21 heavy (non-hydrogen) atoms. The highest BCUT2D eigenvalue weighted by Gasteiger charge is 2.51. The molecule has 2 aliphatic carbocycles. The molecule has 3 aliphatic rings. The fourth-order valence-corrected chi connectivity index (χ4v) is 3.73. The third kappa shape index (κ3) is 2.13. The molecule has 0 radical (unpaired) electrons. The summed E-state index contributed by atoms with van der Waals surface area (Å²) < 4.78 is 11.2. The summed E-state index contributed by atoms with van der Waals surface area (Å²) in [6.45, 7) is 7.37. The van der Waals surface area contributed by atoms with Crippen LogP contribution >= 0.6 is 0 Å². The van der Waals surface area contributed by atoms with Crippen LogP contribution < -0.4 is 0 Å². The Morgan fingerprint density at radius 3 is 2.71 bits per heavy atom. The van der Waals surface area contributed by atoms with E-state index in [0.717, 1.165) is 16.7 Å². The molecular formula is C17H20O4. The number of rotatable bonds is 1. The quantitative estimate of drug-likeness (QED) is 0.696. The first kappa shape index (κ1) is 14.1. The second kappa shape index (κ2) is 4.86. The van der Waals surface area contributed by atoms with Crippen molar-refractivity contribution in [2.75, 3.05) is 0 Å². The van der Waals surface area contributed by atoms with Crippen LogP contribution in [-0.2, 0) is 19.1 Å². The molecule has 1 heterocycles. The summed E-state index contributed by atoms with van der Waals surface area (Å²) in [5.41, 5.74) is 4.54. The lowest BCUT2D eigenvalue weighted by molar-refractivity contribution is -0.150. The summed E-state index contributed by atoms with van der Waals surface area (Å²) in [7, 11) is 0. The summed E-state index contributed by atoms with van der Waals surface area (Å²) in [4.78, 5) is 23.5. The number of esters is 2. The van der Waals surface area contributed by atoms with Crippen molar-refractivity contribution in [2.24, 2.45) is 11.8 Å². The molecule has 4 nitrogen and oxygen atoms in total. The fourth-order valence-electron chi connectivity index (χ4n) is 3.73. The Morgan fingerprint density at radius 2 is 2.05 bits per heavy atom. The molecule has 4 heteroatoms. The fraction of sp³-hybridized carbons (Fsp3) is 0.529. The summed E-state index contributed by atoms with van der Waals surface area (Å²) in [6.07, 6.45) is 4.18. The predicted molar refractivity (Wildman–Crippen MR) is 77.2 cm³/mol. The molecule has 0 aromatic heterocycles. The number of fused-ring (bicyclic) bond motifs is 3. The Hall–Kier alpha value is -1.84. The molecule has 1 fully saturated rings. The van der Waals surface area contributed by atoms with Gasteiger partial charge in [0.15, 0.2) is 0 Å². The van der Waals surface area contributed by atoms with E-state index >= 15 is 0 Å². The molecular weight excluding hydrogens is 268 g/mol. The smallest absolute Gasteiger partial charge is 0.309 e. The van der Waals surface area contributed by atoms with Gasteiger partial charge in [-0.1, -0.05) is 24.6 Å². The lowest BCUT2D eigenvalue weighted by Gasteiger charge is -2.26. The maximum Gasteiger partial charge on any atom is 0.309 e. The molecule has 1 saturated heterocycles. The van der Waals surface area contributed by atoms with Crippen molar-refractivity contribution < 1.29 is 19.1 Å². The van der Waals surface area contributed by atoms with E-state index in [2.05, 4.69) is 19.1 Å². The second-order valence-corrected chi connectivity index (χ2v) is 6.20. The van der Waals surface area contributed by atoms with Gasteiger partial charge in [0.1, 0.15) is 12.2 Å². The largest absolute Gasteiger partial charge is 0.462 e. The van der Waals surface area contributed by atoms with Gasteiger partial charge in [-0.05, 0) is 25.0 Å². The van der Waals surface area contributed by atoms with Crippen LogP contribution in [0.15, 0.2) is 34.4 Å². The van der Waals surface area contributed by atoms with E-state index in [0.29, 0.717) is 6.42 Å². The minimum absolute atomic E-state index is 0.112. The zero-order valence-electron chi connectivity index (χ0n) is 12.8. The number of hydrogen-bond acceptors (Lipinski definition) is 4. The normalized spacial score (nSPS) is 34.6. The van der Waals surface area contributed by atoms with E-state index in [4.69, 9.17) is 9.47 Å². The number of carbonyl (C=O) groups is 2.